The number of fused-ring (bicyclic) bond motifs is 5. The van der Waals surface area contributed by atoms with Crippen LogP contribution in [0, 0.1) is 34.5 Å². The van der Waals surface area contributed by atoms with Crippen LogP contribution in [0.3, 0.4) is 0 Å². The molecule has 8 atom stereocenters. The van der Waals surface area contributed by atoms with Crippen LogP contribution in [0.1, 0.15) is 71.6 Å². The largest absolute Gasteiger partial charge is 0.393 e. The zero-order chi connectivity index (χ0) is 14.8. The minimum Gasteiger partial charge on any atom is -0.393 e. The maximum atomic E-state index is 10.1. The maximum Gasteiger partial charge on any atom is 0.0543 e. The number of rotatable bonds is 0. The highest BCUT2D eigenvalue weighted by Gasteiger charge is 2.59. The summed E-state index contributed by atoms with van der Waals surface area (Å²) in [6.45, 7) is 5.06. The van der Waals surface area contributed by atoms with E-state index < -0.39 is 0 Å². The van der Waals surface area contributed by atoms with Gasteiger partial charge in [-0.05, 0) is 92.3 Å². The molecule has 0 aromatic rings. The molecule has 0 radical (unpaired) electrons. The minimum atomic E-state index is -0.0200. The summed E-state index contributed by atoms with van der Waals surface area (Å²) in [5.74, 6) is 3.50. The van der Waals surface area contributed by atoms with E-state index in [0.29, 0.717) is 16.9 Å². The van der Waals surface area contributed by atoms with Crippen molar-refractivity contribution in [2.24, 2.45) is 40.2 Å². The van der Waals surface area contributed by atoms with Crippen molar-refractivity contribution in [3.63, 3.8) is 0 Å². The zero-order valence-electron chi connectivity index (χ0n) is 13.9. The molecule has 0 aromatic carbocycles. The average Bonchev–Trinajstić information content (AvgIpc) is 2.76. The van der Waals surface area contributed by atoms with Gasteiger partial charge in [-0.15, -0.1) is 0 Å². The van der Waals surface area contributed by atoms with E-state index >= 15 is 0 Å². The first-order chi connectivity index (χ1) is 9.95. The Labute approximate surface area is 129 Å². The first-order valence-corrected chi connectivity index (χ1v) is 9.39. The van der Waals surface area contributed by atoms with E-state index in [1.54, 1.807) is 0 Å². The van der Waals surface area contributed by atoms with Crippen molar-refractivity contribution in [2.75, 3.05) is 0 Å². The molecule has 0 saturated heterocycles. The third-order valence-electron chi connectivity index (χ3n) is 8.71. The smallest absolute Gasteiger partial charge is 0.0543 e. The van der Waals surface area contributed by atoms with Crippen LogP contribution in [0.2, 0.25) is 0 Å². The fourth-order valence-electron chi connectivity index (χ4n) is 7.28. The summed E-state index contributed by atoms with van der Waals surface area (Å²) in [6.07, 6.45) is 11.5. The molecule has 4 fully saturated rings. The number of aliphatic hydroxyl groups excluding tert-OH is 1. The lowest BCUT2D eigenvalue weighted by Crippen LogP contribution is -2.55. The van der Waals surface area contributed by atoms with Crippen LogP contribution >= 0.6 is 0 Å². The Hall–Kier alpha value is -0.0800. The molecule has 4 aliphatic carbocycles. The first kappa shape index (κ1) is 14.5. The third-order valence-corrected chi connectivity index (χ3v) is 8.71. The van der Waals surface area contributed by atoms with Crippen molar-refractivity contribution >= 4 is 0 Å². The van der Waals surface area contributed by atoms with Gasteiger partial charge < -0.3 is 10.8 Å². The standard InChI is InChI=1S/C19H33NO/c1-18-9-7-13(21)11-12(18)3-4-14-15-5-6-17(20)19(15,2)10-8-16(14)18/h12-17,21H,3-11,20H2,1-2H3/t12-,13-,14?,15?,16?,17-,18-,19-/m0/s1. The molecule has 4 saturated carbocycles. The summed E-state index contributed by atoms with van der Waals surface area (Å²) >= 11 is 0. The summed E-state index contributed by atoms with van der Waals surface area (Å²) in [5.41, 5.74) is 7.43. The van der Waals surface area contributed by atoms with Gasteiger partial charge in [0.05, 0.1) is 6.10 Å². The summed E-state index contributed by atoms with van der Waals surface area (Å²) in [7, 11) is 0. The highest BCUT2D eigenvalue weighted by atomic mass is 16.3. The monoisotopic (exact) mass is 291 g/mol. The van der Waals surface area contributed by atoms with Gasteiger partial charge in [0, 0.05) is 6.04 Å². The third kappa shape index (κ3) is 1.91. The van der Waals surface area contributed by atoms with Crippen LogP contribution < -0.4 is 5.73 Å². The SMILES string of the molecule is C[C@]12CCC3C(CC[C@H]4C[C@@H](O)CC[C@]34C)C1CC[C@@H]2N. The van der Waals surface area contributed by atoms with Gasteiger partial charge in [-0.2, -0.15) is 0 Å². The van der Waals surface area contributed by atoms with Crippen LogP contribution in [0.25, 0.3) is 0 Å². The van der Waals surface area contributed by atoms with Gasteiger partial charge in [0.2, 0.25) is 0 Å². The molecule has 0 spiro atoms. The van der Waals surface area contributed by atoms with Gasteiger partial charge in [0.1, 0.15) is 0 Å². The normalized spacial score (nSPS) is 60.0. The van der Waals surface area contributed by atoms with Crippen LogP contribution in [0.15, 0.2) is 0 Å². The Kier molecular flexibility index (Phi) is 3.25. The Morgan fingerprint density at radius 2 is 1.57 bits per heavy atom. The maximum absolute atomic E-state index is 10.1. The van der Waals surface area contributed by atoms with E-state index in [1.807, 2.05) is 0 Å². The number of hydrogen-bond acceptors (Lipinski definition) is 2. The first-order valence-electron chi connectivity index (χ1n) is 9.39. The van der Waals surface area contributed by atoms with Crippen LogP contribution in [-0.2, 0) is 0 Å². The second-order valence-electron chi connectivity index (χ2n) is 9.31. The van der Waals surface area contributed by atoms with Crippen molar-refractivity contribution in [2.45, 2.75) is 83.8 Å². The molecule has 0 amide bonds. The lowest BCUT2D eigenvalue weighted by molar-refractivity contribution is -0.122. The molecular weight excluding hydrogens is 258 g/mol. The van der Waals surface area contributed by atoms with Gasteiger partial charge in [-0.25, -0.2) is 0 Å². The Morgan fingerprint density at radius 3 is 2.38 bits per heavy atom. The van der Waals surface area contributed by atoms with E-state index in [9.17, 15) is 5.11 Å². The van der Waals surface area contributed by atoms with Gasteiger partial charge in [-0.1, -0.05) is 13.8 Å². The fraction of sp³-hybridized carbons (Fsp3) is 1.00. The zero-order valence-corrected chi connectivity index (χ0v) is 13.9. The van der Waals surface area contributed by atoms with Gasteiger partial charge in [-0.3, -0.25) is 0 Å². The second kappa shape index (κ2) is 4.71. The summed E-state index contributed by atoms with van der Waals surface area (Å²) in [5, 5.41) is 10.1. The van der Waals surface area contributed by atoms with Crippen LogP contribution in [0.5, 0.6) is 0 Å². The van der Waals surface area contributed by atoms with Gasteiger partial charge >= 0.3 is 0 Å². The molecule has 21 heavy (non-hydrogen) atoms. The number of nitrogens with two attached hydrogens (primary N) is 1. The van der Waals surface area contributed by atoms with Crippen molar-refractivity contribution in [1.29, 1.82) is 0 Å². The molecule has 0 bridgehead atoms. The predicted molar refractivity (Wildman–Crippen MR) is 85.7 cm³/mol. The lowest BCUT2D eigenvalue weighted by atomic mass is 9.45. The molecule has 0 aromatic heterocycles. The molecule has 2 nitrogen and oxygen atoms in total. The highest BCUT2D eigenvalue weighted by Crippen LogP contribution is 2.65. The fourth-order valence-corrected chi connectivity index (χ4v) is 7.28. The number of hydrogen-bond donors (Lipinski definition) is 2. The second-order valence-corrected chi connectivity index (χ2v) is 9.31. The number of aliphatic hydroxyl groups is 1. The molecule has 4 rings (SSSR count). The van der Waals surface area contributed by atoms with E-state index in [2.05, 4.69) is 13.8 Å². The van der Waals surface area contributed by atoms with Gasteiger partial charge in [0.25, 0.3) is 0 Å². The summed E-state index contributed by atoms with van der Waals surface area (Å²) in [6, 6.07) is 0.446. The van der Waals surface area contributed by atoms with E-state index in [-0.39, 0.29) is 6.10 Å². The lowest BCUT2D eigenvalue weighted by Gasteiger charge is -2.60. The van der Waals surface area contributed by atoms with Crippen LogP contribution in [-0.4, -0.2) is 17.3 Å². The topological polar surface area (TPSA) is 46.2 Å². The Bertz CT molecular complexity index is 424. The molecule has 0 aliphatic heterocycles. The minimum absolute atomic E-state index is 0.0200. The van der Waals surface area contributed by atoms with Crippen molar-refractivity contribution in [3.05, 3.63) is 0 Å². The van der Waals surface area contributed by atoms with E-state index in [1.165, 1.54) is 44.9 Å². The molecule has 0 heterocycles. The summed E-state index contributed by atoms with van der Waals surface area (Å²) in [4.78, 5) is 0. The average molecular weight is 291 g/mol. The van der Waals surface area contributed by atoms with Crippen molar-refractivity contribution in [1.82, 2.24) is 0 Å². The quantitative estimate of drug-likeness (QED) is 0.714. The molecule has 3 N–H and O–H groups in total. The Morgan fingerprint density at radius 1 is 0.857 bits per heavy atom. The molecule has 4 aliphatic rings. The van der Waals surface area contributed by atoms with E-state index in [4.69, 9.17) is 5.73 Å². The van der Waals surface area contributed by atoms with Crippen LogP contribution in [0.4, 0.5) is 0 Å². The van der Waals surface area contributed by atoms with E-state index in [0.717, 1.165) is 36.5 Å². The van der Waals surface area contributed by atoms with Crippen molar-refractivity contribution < 1.29 is 5.11 Å². The van der Waals surface area contributed by atoms with Crippen molar-refractivity contribution in [3.8, 4) is 0 Å². The molecular formula is C19H33NO. The van der Waals surface area contributed by atoms with Gasteiger partial charge in [0.15, 0.2) is 0 Å². The highest BCUT2D eigenvalue weighted by molar-refractivity contribution is 5.10. The Balaban J connectivity index is 1.62. The molecule has 2 heteroatoms. The summed E-state index contributed by atoms with van der Waals surface area (Å²) < 4.78 is 0. The predicted octanol–water partition coefficient (Wildman–Crippen LogP) is 3.72. The molecule has 120 valence electrons. The molecule has 3 unspecified atom stereocenters.